The van der Waals surface area contributed by atoms with Gasteiger partial charge < -0.3 is 4.74 Å². The number of benzene rings is 1. The number of nitrogens with two attached hydrogens (primary N) is 1. The molecule has 0 amide bonds. The topological polar surface area (TPSA) is 65.1 Å². The lowest BCUT2D eigenvalue weighted by atomic mass is 10.0. The molecule has 3 N–H and O–H groups in total. The van der Waals surface area contributed by atoms with Crippen molar-refractivity contribution in [2.24, 2.45) is 5.84 Å². The molecule has 0 aliphatic heterocycles. The summed E-state index contributed by atoms with van der Waals surface area (Å²) in [6.07, 6.45) is 1.61. The highest BCUT2D eigenvalue weighted by atomic mass is 79.9. The van der Waals surface area contributed by atoms with Gasteiger partial charge in [-0.05, 0) is 35.8 Å². The molecule has 0 fully saturated rings. The summed E-state index contributed by atoms with van der Waals surface area (Å²) < 4.78 is 21.9. The van der Waals surface area contributed by atoms with Gasteiger partial charge in [-0.15, -0.1) is 0 Å². The monoisotopic (exact) mass is 356 g/mol. The normalized spacial score (nSPS) is 12.7. The van der Waals surface area contributed by atoms with Crippen LogP contribution in [0.4, 0.5) is 4.39 Å². The minimum atomic E-state index is -0.567. The van der Waals surface area contributed by atoms with E-state index in [1.165, 1.54) is 0 Å². The van der Waals surface area contributed by atoms with Gasteiger partial charge in [0.2, 0.25) is 0 Å². The van der Waals surface area contributed by atoms with Crippen molar-refractivity contribution in [3.8, 4) is 5.75 Å². The molecule has 2 aromatic rings. The van der Waals surface area contributed by atoms with E-state index in [9.17, 15) is 4.39 Å². The van der Waals surface area contributed by atoms with Crippen LogP contribution in [0.25, 0.3) is 0 Å². The number of hydrazine groups is 1. The number of aromatic nitrogens is 2. The second kappa shape index (κ2) is 6.55. The third-order valence-electron chi connectivity index (χ3n) is 3.24. The number of hydrogen-bond donors (Lipinski definition) is 2. The Morgan fingerprint density at radius 2 is 2.14 bits per heavy atom. The van der Waals surface area contributed by atoms with Crippen LogP contribution in [0.15, 0.2) is 28.9 Å². The zero-order valence-electron chi connectivity index (χ0n) is 12.1. The van der Waals surface area contributed by atoms with Crippen molar-refractivity contribution in [2.45, 2.75) is 25.9 Å². The van der Waals surface area contributed by atoms with Crippen LogP contribution in [-0.2, 0) is 0 Å². The number of halogens is 2. The first-order valence-electron chi connectivity index (χ1n) is 6.52. The van der Waals surface area contributed by atoms with Crippen LogP contribution in [0.2, 0.25) is 0 Å². The molecular weight excluding hydrogens is 339 g/mol. The van der Waals surface area contributed by atoms with Crippen molar-refractivity contribution in [1.29, 1.82) is 0 Å². The molecule has 1 heterocycles. The minimum Gasteiger partial charge on any atom is -0.493 e. The van der Waals surface area contributed by atoms with Crippen molar-refractivity contribution >= 4 is 15.9 Å². The molecule has 5 nitrogen and oxygen atoms in total. The molecule has 0 spiro atoms. The Kier molecular flexibility index (Phi) is 4.97. The van der Waals surface area contributed by atoms with Crippen LogP contribution in [0.3, 0.4) is 0 Å². The maximum atomic E-state index is 14.4. The molecule has 0 bridgehead atoms. The van der Waals surface area contributed by atoms with Crippen LogP contribution in [-0.4, -0.2) is 16.9 Å². The SMILES string of the molecule is COc1cnn(C(C)C)c1C(NN)c1cccc(Br)c1F. The van der Waals surface area contributed by atoms with Crippen molar-refractivity contribution in [1.82, 2.24) is 15.2 Å². The molecule has 1 aromatic carbocycles. The van der Waals surface area contributed by atoms with Crippen LogP contribution in [0.1, 0.15) is 37.2 Å². The number of nitrogens with one attached hydrogen (secondary N) is 1. The van der Waals surface area contributed by atoms with Gasteiger partial charge in [-0.25, -0.2) is 9.82 Å². The third-order valence-corrected chi connectivity index (χ3v) is 3.85. The fraction of sp³-hybridized carbons (Fsp3) is 0.357. The van der Waals surface area contributed by atoms with E-state index >= 15 is 0 Å². The molecule has 0 saturated heterocycles. The zero-order valence-corrected chi connectivity index (χ0v) is 13.7. The average molecular weight is 357 g/mol. The quantitative estimate of drug-likeness (QED) is 0.638. The van der Waals surface area contributed by atoms with Gasteiger partial charge in [-0.2, -0.15) is 5.10 Å². The largest absolute Gasteiger partial charge is 0.493 e. The van der Waals surface area contributed by atoms with Gasteiger partial charge >= 0.3 is 0 Å². The summed E-state index contributed by atoms with van der Waals surface area (Å²) in [6.45, 7) is 3.97. The van der Waals surface area contributed by atoms with Crippen LogP contribution in [0.5, 0.6) is 5.75 Å². The summed E-state index contributed by atoms with van der Waals surface area (Å²) >= 11 is 3.19. The predicted octanol–water partition coefficient (Wildman–Crippen LogP) is 2.93. The van der Waals surface area contributed by atoms with E-state index in [-0.39, 0.29) is 11.9 Å². The van der Waals surface area contributed by atoms with Crippen LogP contribution in [0, 0.1) is 5.82 Å². The Balaban J connectivity index is 2.61. The predicted molar refractivity (Wildman–Crippen MR) is 82.4 cm³/mol. The van der Waals surface area contributed by atoms with Gasteiger partial charge in [-0.1, -0.05) is 12.1 Å². The van der Waals surface area contributed by atoms with Crippen molar-refractivity contribution in [3.63, 3.8) is 0 Å². The first-order chi connectivity index (χ1) is 10.0. The molecule has 21 heavy (non-hydrogen) atoms. The lowest BCUT2D eigenvalue weighted by Crippen LogP contribution is -2.32. The van der Waals surface area contributed by atoms with Crippen molar-refractivity contribution in [3.05, 3.63) is 45.9 Å². The van der Waals surface area contributed by atoms with Crippen LogP contribution < -0.4 is 16.0 Å². The molecule has 2 rings (SSSR count). The van der Waals surface area contributed by atoms with E-state index in [0.29, 0.717) is 21.5 Å². The molecule has 0 saturated carbocycles. The number of methoxy groups -OCH3 is 1. The average Bonchev–Trinajstić information content (AvgIpc) is 2.88. The first kappa shape index (κ1) is 15.9. The zero-order chi connectivity index (χ0) is 15.6. The fourth-order valence-corrected chi connectivity index (χ4v) is 2.64. The van der Waals surface area contributed by atoms with E-state index in [0.717, 1.165) is 0 Å². The lowest BCUT2D eigenvalue weighted by Gasteiger charge is -2.22. The van der Waals surface area contributed by atoms with Gasteiger partial charge in [0.15, 0.2) is 5.75 Å². The van der Waals surface area contributed by atoms with E-state index in [2.05, 4.69) is 26.5 Å². The van der Waals surface area contributed by atoms with Crippen molar-refractivity contribution < 1.29 is 9.13 Å². The van der Waals surface area contributed by atoms with Gasteiger partial charge in [0.05, 0.1) is 23.8 Å². The van der Waals surface area contributed by atoms with E-state index in [1.807, 2.05) is 13.8 Å². The molecular formula is C14H18BrFN4O. The Labute approximate surface area is 131 Å². The van der Waals surface area contributed by atoms with Crippen molar-refractivity contribution in [2.75, 3.05) is 7.11 Å². The summed E-state index contributed by atoms with van der Waals surface area (Å²) in [5.74, 6) is 5.88. The highest BCUT2D eigenvalue weighted by Crippen LogP contribution is 2.34. The summed E-state index contributed by atoms with van der Waals surface area (Å²) in [5.41, 5.74) is 3.77. The summed E-state index contributed by atoms with van der Waals surface area (Å²) in [7, 11) is 1.55. The summed E-state index contributed by atoms with van der Waals surface area (Å²) in [5, 5.41) is 4.29. The number of ether oxygens (including phenoxy) is 1. The third kappa shape index (κ3) is 2.95. The Morgan fingerprint density at radius 3 is 2.71 bits per heavy atom. The maximum absolute atomic E-state index is 14.4. The molecule has 0 radical (unpaired) electrons. The maximum Gasteiger partial charge on any atom is 0.161 e. The lowest BCUT2D eigenvalue weighted by molar-refractivity contribution is 0.392. The van der Waals surface area contributed by atoms with Gasteiger partial charge in [0.25, 0.3) is 0 Å². The number of nitrogens with zero attached hydrogens (tertiary/aromatic N) is 2. The van der Waals surface area contributed by atoms with Crippen LogP contribution >= 0.6 is 15.9 Å². The van der Waals surface area contributed by atoms with Gasteiger partial charge in [0.1, 0.15) is 11.5 Å². The standard InChI is InChI=1S/C14H18BrFN4O/c1-8(2)20-14(11(21-3)7-18-20)13(19-17)9-5-4-6-10(15)12(9)16/h4-8,13,19H,17H2,1-3H3. The Morgan fingerprint density at radius 1 is 1.43 bits per heavy atom. The highest BCUT2D eigenvalue weighted by Gasteiger charge is 2.26. The Hall–Kier alpha value is -1.44. The van der Waals surface area contributed by atoms with E-state index < -0.39 is 6.04 Å². The second-order valence-corrected chi connectivity index (χ2v) is 5.73. The summed E-state index contributed by atoms with van der Waals surface area (Å²) in [6, 6.07) is 4.61. The highest BCUT2D eigenvalue weighted by molar-refractivity contribution is 9.10. The molecule has 7 heteroatoms. The van der Waals surface area contributed by atoms with E-state index in [1.54, 1.807) is 36.2 Å². The Bertz CT molecular complexity index is 629. The smallest absolute Gasteiger partial charge is 0.161 e. The fourth-order valence-electron chi connectivity index (χ4n) is 2.26. The van der Waals surface area contributed by atoms with Gasteiger partial charge in [-0.3, -0.25) is 10.5 Å². The minimum absolute atomic E-state index is 0.0926. The molecule has 1 unspecified atom stereocenters. The summed E-state index contributed by atoms with van der Waals surface area (Å²) in [4.78, 5) is 0. The molecule has 114 valence electrons. The number of rotatable bonds is 5. The first-order valence-corrected chi connectivity index (χ1v) is 7.32. The van der Waals surface area contributed by atoms with E-state index in [4.69, 9.17) is 10.6 Å². The molecule has 1 aromatic heterocycles. The molecule has 1 atom stereocenters. The number of hydrogen-bond acceptors (Lipinski definition) is 4. The van der Waals surface area contributed by atoms with Gasteiger partial charge in [0, 0.05) is 11.6 Å². The second-order valence-electron chi connectivity index (χ2n) is 4.88. The molecule has 0 aliphatic carbocycles. The molecule has 0 aliphatic rings.